The molecule has 0 aliphatic rings. The first-order valence-electron chi connectivity index (χ1n) is 7.69. The van der Waals surface area contributed by atoms with Gasteiger partial charge in [-0.1, -0.05) is 52.3 Å². The second-order valence-corrected chi connectivity index (χ2v) is 6.57. The summed E-state index contributed by atoms with van der Waals surface area (Å²) in [5.41, 5.74) is 4.31. The third kappa shape index (κ3) is 3.57. The van der Waals surface area contributed by atoms with Gasteiger partial charge in [-0.05, 0) is 37.6 Å². The maximum Gasteiger partial charge on any atom is 0.255 e. The Morgan fingerprint density at radius 1 is 1.12 bits per heavy atom. The zero-order valence-corrected chi connectivity index (χ0v) is 15.2. The van der Waals surface area contributed by atoms with Crippen molar-refractivity contribution < 1.29 is 4.79 Å². The lowest BCUT2D eigenvalue weighted by molar-refractivity contribution is 0.102. The zero-order chi connectivity index (χ0) is 17.1. The lowest BCUT2D eigenvalue weighted by Gasteiger charge is -2.08. The maximum absolute atomic E-state index is 12.5. The normalized spacial score (nSPS) is 10.6. The summed E-state index contributed by atoms with van der Waals surface area (Å²) >= 11 is 3.39. The van der Waals surface area contributed by atoms with Crippen molar-refractivity contribution >= 4 is 27.5 Å². The number of amides is 1. The molecule has 0 bridgehead atoms. The molecular formula is C19H18BrN3O. The van der Waals surface area contributed by atoms with Crippen molar-refractivity contribution in [1.82, 2.24) is 9.78 Å². The number of nitrogens with one attached hydrogen (secondary N) is 1. The van der Waals surface area contributed by atoms with Crippen LogP contribution < -0.4 is 5.32 Å². The minimum atomic E-state index is -0.137. The quantitative estimate of drug-likeness (QED) is 0.717. The standard InChI is InChI=1S/C19H18BrN3O/c1-13-18(21-19(24)16-9-6-10-17(20)11-16)14(2)23(22-13)12-15-7-4-3-5-8-15/h3-11H,12H2,1-2H3,(H,21,24). The third-order valence-electron chi connectivity index (χ3n) is 3.88. The molecule has 3 aromatic rings. The first kappa shape index (κ1) is 16.5. The first-order valence-corrected chi connectivity index (χ1v) is 8.49. The highest BCUT2D eigenvalue weighted by atomic mass is 79.9. The van der Waals surface area contributed by atoms with Crippen LogP contribution in [0.5, 0.6) is 0 Å². The second kappa shape index (κ2) is 7.01. The molecular weight excluding hydrogens is 366 g/mol. The Morgan fingerprint density at radius 2 is 1.88 bits per heavy atom. The van der Waals surface area contributed by atoms with Gasteiger partial charge in [0.25, 0.3) is 5.91 Å². The molecule has 2 aromatic carbocycles. The number of aryl methyl sites for hydroxylation is 1. The minimum absolute atomic E-state index is 0.137. The molecule has 0 atom stereocenters. The number of carbonyl (C=O) groups excluding carboxylic acids is 1. The van der Waals surface area contributed by atoms with Crippen LogP contribution in [0.3, 0.4) is 0 Å². The fraction of sp³-hybridized carbons (Fsp3) is 0.158. The van der Waals surface area contributed by atoms with Crippen LogP contribution in [-0.4, -0.2) is 15.7 Å². The molecule has 0 saturated carbocycles. The molecule has 0 saturated heterocycles. The molecule has 1 heterocycles. The molecule has 3 rings (SSSR count). The van der Waals surface area contributed by atoms with Gasteiger partial charge in [-0.2, -0.15) is 5.10 Å². The largest absolute Gasteiger partial charge is 0.319 e. The first-order chi connectivity index (χ1) is 11.5. The Morgan fingerprint density at radius 3 is 2.58 bits per heavy atom. The number of aromatic nitrogens is 2. The van der Waals surface area contributed by atoms with Crippen LogP contribution in [0.15, 0.2) is 59.1 Å². The van der Waals surface area contributed by atoms with Crippen LogP contribution in [0.2, 0.25) is 0 Å². The van der Waals surface area contributed by atoms with E-state index in [0.29, 0.717) is 12.1 Å². The summed E-state index contributed by atoms with van der Waals surface area (Å²) < 4.78 is 2.80. The number of hydrogen-bond donors (Lipinski definition) is 1. The van der Waals surface area contributed by atoms with Crippen molar-refractivity contribution in [2.45, 2.75) is 20.4 Å². The van der Waals surface area contributed by atoms with E-state index in [2.05, 4.69) is 38.5 Å². The number of halogens is 1. The lowest BCUT2D eigenvalue weighted by Crippen LogP contribution is -2.13. The van der Waals surface area contributed by atoms with Crippen molar-refractivity contribution in [3.05, 3.63) is 81.6 Å². The minimum Gasteiger partial charge on any atom is -0.319 e. The fourth-order valence-electron chi connectivity index (χ4n) is 2.60. The van der Waals surface area contributed by atoms with Crippen molar-refractivity contribution in [3.63, 3.8) is 0 Å². The third-order valence-corrected chi connectivity index (χ3v) is 4.38. The van der Waals surface area contributed by atoms with Crippen molar-refractivity contribution in [3.8, 4) is 0 Å². The zero-order valence-electron chi connectivity index (χ0n) is 13.6. The molecule has 24 heavy (non-hydrogen) atoms. The van der Waals surface area contributed by atoms with Gasteiger partial charge in [0.15, 0.2) is 0 Å². The molecule has 5 heteroatoms. The van der Waals surface area contributed by atoms with E-state index in [4.69, 9.17) is 0 Å². The molecule has 1 aromatic heterocycles. The van der Waals surface area contributed by atoms with Crippen LogP contribution in [0.1, 0.15) is 27.3 Å². The highest BCUT2D eigenvalue weighted by Crippen LogP contribution is 2.22. The molecule has 0 unspecified atom stereocenters. The fourth-order valence-corrected chi connectivity index (χ4v) is 3.00. The van der Waals surface area contributed by atoms with E-state index in [0.717, 1.165) is 21.5 Å². The summed E-state index contributed by atoms with van der Waals surface area (Å²) in [7, 11) is 0. The van der Waals surface area contributed by atoms with Gasteiger partial charge in [-0.25, -0.2) is 0 Å². The van der Waals surface area contributed by atoms with Gasteiger partial charge >= 0.3 is 0 Å². The summed E-state index contributed by atoms with van der Waals surface area (Å²) in [5, 5.41) is 7.55. The van der Waals surface area contributed by atoms with Gasteiger partial charge in [0.2, 0.25) is 0 Å². The van der Waals surface area contributed by atoms with Crippen LogP contribution in [0.25, 0.3) is 0 Å². The summed E-state index contributed by atoms with van der Waals surface area (Å²) in [6.07, 6.45) is 0. The summed E-state index contributed by atoms with van der Waals surface area (Å²) in [6.45, 7) is 4.56. The molecule has 0 aliphatic carbocycles. The monoisotopic (exact) mass is 383 g/mol. The van der Waals surface area contributed by atoms with E-state index in [-0.39, 0.29) is 5.91 Å². The lowest BCUT2D eigenvalue weighted by atomic mass is 10.2. The van der Waals surface area contributed by atoms with E-state index in [1.807, 2.05) is 48.9 Å². The highest BCUT2D eigenvalue weighted by Gasteiger charge is 2.15. The average Bonchev–Trinajstić information content (AvgIpc) is 2.83. The van der Waals surface area contributed by atoms with Gasteiger partial charge in [0.1, 0.15) is 0 Å². The molecule has 0 aliphatic heterocycles. The van der Waals surface area contributed by atoms with Gasteiger partial charge < -0.3 is 5.32 Å². The number of hydrogen-bond acceptors (Lipinski definition) is 2. The Labute approximate surface area is 149 Å². The Hall–Kier alpha value is -2.40. The second-order valence-electron chi connectivity index (χ2n) is 5.65. The van der Waals surface area contributed by atoms with Crippen molar-refractivity contribution in [1.29, 1.82) is 0 Å². The van der Waals surface area contributed by atoms with E-state index < -0.39 is 0 Å². The van der Waals surface area contributed by atoms with E-state index in [1.165, 1.54) is 5.56 Å². The predicted molar refractivity (Wildman–Crippen MR) is 99.3 cm³/mol. The van der Waals surface area contributed by atoms with Gasteiger partial charge in [0.05, 0.1) is 23.6 Å². The molecule has 0 fully saturated rings. The number of rotatable bonds is 4. The average molecular weight is 384 g/mol. The van der Waals surface area contributed by atoms with E-state index >= 15 is 0 Å². The molecule has 4 nitrogen and oxygen atoms in total. The van der Waals surface area contributed by atoms with Crippen molar-refractivity contribution in [2.75, 3.05) is 5.32 Å². The highest BCUT2D eigenvalue weighted by molar-refractivity contribution is 9.10. The topological polar surface area (TPSA) is 46.9 Å². The Balaban J connectivity index is 1.83. The van der Waals surface area contributed by atoms with Crippen LogP contribution in [-0.2, 0) is 6.54 Å². The van der Waals surface area contributed by atoms with Gasteiger partial charge in [-0.3, -0.25) is 9.48 Å². The summed E-state index contributed by atoms with van der Waals surface area (Å²) in [6, 6.07) is 17.5. The Bertz CT molecular complexity index is 872. The maximum atomic E-state index is 12.5. The Kier molecular flexibility index (Phi) is 4.81. The van der Waals surface area contributed by atoms with E-state index in [9.17, 15) is 4.79 Å². The summed E-state index contributed by atoms with van der Waals surface area (Å²) in [4.78, 5) is 12.5. The van der Waals surface area contributed by atoms with Crippen LogP contribution in [0, 0.1) is 13.8 Å². The molecule has 0 spiro atoms. The van der Waals surface area contributed by atoms with Crippen molar-refractivity contribution in [2.24, 2.45) is 0 Å². The number of carbonyl (C=O) groups is 1. The SMILES string of the molecule is Cc1nn(Cc2ccccc2)c(C)c1NC(=O)c1cccc(Br)c1. The van der Waals surface area contributed by atoms with Crippen LogP contribution in [0.4, 0.5) is 5.69 Å². The van der Waals surface area contributed by atoms with Crippen LogP contribution >= 0.6 is 15.9 Å². The molecule has 122 valence electrons. The molecule has 0 radical (unpaired) electrons. The predicted octanol–water partition coefficient (Wildman–Crippen LogP) is 4.56. The molecule has 1 amide bonds. The smallest absolute Gasteiger partial charge is 0.255 e. The van der Waals surface area contributed by atoms with Gasteiger partial charge in [-0.15, -0.1) is 0 Å². The molecule has 1 N–H and O–H groups in total. The summed E-state index contributed by atoms with van der Waals surface area (Å²) in [5.74, 6) is -0.137. The number of anilines is 1. The number of benzene rings is 2. The van der Waals surface area contributed by atoms with E-state index in [1.54, 1.807) is 12.1 Å². The van der Waals surface area contributed by atoms with Gasteiger partial charge in [0, 0.05) is 10.0 Å². The number of nitrogens with zero attached hydrogens (tertiary/aromatic N) is 2.